The van der Waals surface area contributed by atoms with E-state index in [2.05, 4.69) is 30.3 Å². The minimum atomic E-state index is -0.308. The Morgan fingerprint density at radius 2 is 1.82 bits per heavy atom. The topological polar surface area (TPSA) is 140 Å². The minimum Gasteiger partial charge on any atom is -0.381 e. The molecule has 2 aliphatic heterocycles. The molecule has 0 spiro atoms. The molecule has 11 heteroatoms. The number of aryl methyl sites for hydroxylation is 2. The Morgan fingerprint density at radius 3 is 2.55 bits per heavy atom. The Hall–Kier alpha value is -4.25. The first-order valence-electron chi connectivity index (χ1n) is 13.8. The van der Waals surface area contributed by atoms with Crippen molar-refractivity contribution < 1.29 is 14.1 Å². The monoisotopic (exact) mass is 543 g/mol. The third-order valence-electron chi connectivity index (χ3n) is 7.92. The van der Waals surface area contributed by atoms with Gasteiger partial charge in [0.2, 0.25) is 0 Å². The lowest BCUT2D eigenvalue weighted by atomic mass is 10.0. The molecule has 0 saturated carbocycles. The van der Waals surface area contributed by atoms with E-state index in [1.54, 1.807) is 24.4 Å². The average Bonchev–Trinajstić information content (AvgIpc) is 3.70. The van der Waals surface area contributed by atoms with E-state index < -0.39 is 0 Å². The van der Waals surface area contributed by atoms with Crippen molar-refractivity contribution in [2.75, 3.05) is 31.5 Å². The van der Waals surface area contributed by atoms with Crippen LogP contribution in [0.4, 0.5) is 5.69 Å². The Kier molecular flexibility index (Phi) is 6.75. The molecule has 11 nitrogen and oxygen atoms in total. The van der Waals surface area contributed by atoms with Gasteiger partial charge in [0.15, 0.2) is 0 Å². The average molecular weight is 544 g/mol. The first kappa shape index (κ1) is 26.0. The van der Waals surface area contributed by atoms with Crippen LogP contribution in [0.5, 0.6) is 0 Å². The summed E-state index contributed by atoms with van der Waals surface area (Å²) >= 11 is 0. The van der Waals surface area contributed by atoms with Crippen molar-refractivity contribution in [1.82, 2.24) is 29.9 Å². The molecule has 0 aliphatic carbocycles. The number of carbonyl (C=O) groups is 2. The second kappa shape index (κ2) is 10.4. The molecule has 4 aromatic rings. The van der Waals surface area contributed by atoms with Crippen molar-refractivity contribution in [3.05, 3.63) is 62.9 Å². The summed E-state index contributed by atoms with van der Waals surface area (Å²) in [6.45, 7) is 9.27. The van der Waals surface area contributed by atoms with E-state index in [4.69, 9.17) is 4.52 Å². The van der Waals surface area contributed by atoms with Crippen LogP contribution in [0, 0.1) is 13.8 Å². The Balaban J connectivity index is 1.24. The highest BCUT2D eigenvalue weighted by molar-refractivity contribution is 6.22. The molecule has 1 atom stereocenters. The number of fused-ring (bicyclic) bond motifs is 2. The first-order valence-corrected chi connectivity index (χ1v) is 13.8. The van der Waals surface area contributed by atoms with Crippen LogP contribution in [0.3, 0.4) is 0 Å². The molecule has 2 aliphatic rings. The van der Waals surface area contributed by atoms with Crippen molar-refractivity contribution in [2.24, 2.45) is 0 Å². The summed E-state index contributed by atoms with van der Waals surface area (Å²) in [6, 6.07) is 5.08. The highest BCUT2D eigenvalue weighted by Crippen LogP contribution is 2.30. The number of imide groups is 1. The second-order valence-corrected chi connectivity index (χ2v) is 10.8. The smallest absolute Gasteiger partial charge is 0.261 e. The second-order valence-electron chi connectivity index (χ2n) is 10.8. The van der Waals surface area contributed by atoms with E-state index in [1.807, 2.05) is 20.8 Å². The standard InChI is InChI=1S/C29H33N7O4/c1-16(13-19-17(2)34-40-18(19)3)31-22-7-8-30-27(37)25(22)26-32-23-14-20-21(15-24(23)33-26)29(39)36(28(20)38)12-6-11-35-9-4-5-10-35/h7-8,14-16H,4-6,9-13H2,1-3H3,(H,32,33)(H2,30,31,37). The number of amides is 2. The van der Waals surface area contributed by atoms with E-state index in [9.17, 15) is 14.4 Å². The van der Waals surface area contributed by atoms with Crippen LogP contribution in [-0.2, 0) is 6.42 Å². The molecule has 0 radical (unpaired) electrons. The number of H-pyrrole nitrogens is 2. The van der Waals surface area contributed by atoms with Gasteiger partial charge < -0.3 is 24.7 Å². The Morgan fingerprint density at radius 1 is 1.07 bits per heavy atom. The molecular formula is C29H33N7O4. The molecule has 208 valence electrons. The summed E-state index contributed by atoms with van der Waals surface area (Å²) in [5.41, 5.74) is 4.36. The number of nitrogens with zero attached hydrogens (tertiary/aromatic N) is 4. The third-order valence-corrected chi connectivity index (χ3v) is 7.92. The highest BCUT2D eigenvalue weighted by Gasteiger charge is 2.36. The maximum absolute atomic E-state index is 13.1. The molecule has 5 heterocycles. The van der Waals surface area contributed by atoms with E-state index in [1.165, 1.54) is 17.7 Å². The molecule has 0 bridgehead atoms. The van der Waals surface area contributed by atoms with E-state index in [0.29, 0.717) is 52.2 Å². The molecule has 40 heavy (non-hydrogen) atoms. The van der Waals surface area contributed by atoms with Crippen LogP contribution < -0.4 is 10.9 Å². The van der Waals surface area contributed by atoms with Crippen molar-refractivity contribution in [3.63, 3.8) is 0 Å². The molecule has 1 unspecified atom stereocenters. The molecule has 2 amide bonds. The highest BCUT2D eigenvalue weighted by atomic mass is 16.5. The number of aromatic amines is 2. The summed E-state index contributed by atoms with van der Waals surface area (Å²) in [5.74, 6) is 0.556. The van der Waals surface area contributed by atoms with Crippen molar-refractivity contribution >= 4 is 28.5 Å². The lowest BCUT2D eigenvalue weighted by Gasteiger charge is -2.17. The quantitative estimate of drug-likeness (QED) is 0.272. The summed E-state index contributed by atoms with van der Waals surface area (Å²) in [5, 5.41) is 7.45. The fourth-order valence-electron chi connectivity index (χ4n) is 5.82. The third kappa shape index (κ3) is 4.70. The molecule has 3 aromatic heterocycles. The Labute approximate surface area is 230 Å². The van der Waals surface area contributed by atoms with Crippen LogP contribution in [0.2, 0.25) is 0 Å². The number of imidazole rings is 1. The maximum atomic E-state index is 13.1. The fourth-order valence-corrected chi connectivity index (χ4v) is 5.82. The largest absolute Gasteiger partial charge is 0.381 e. The van der Waals surface area contributed by atoms with Gasteiger partial charge in [-0.3, -0.25) is 19.3 Å². The van der Waals surface area contributed by atoms with Crippen molar-refractivity contribution in [2.45, 2.75) is 52.5 Å². The minimum absolute atomic E-state index is 0.0303. The normalized spacial score (nSPS) is 16.3. The number of hydrogen-bond acceptors (Lipinski definition) is 8. The predicted octanol–water partition coefficient (Wildman–Crippen LogP) is 3.65. The number of pyridine rings is 1. The van der Waals surface area contributed by atoms with Gasteiger partial charge in [-0.1, -0.05) is 5.16 Å². The number of aromatic nitrogens is 4. The lowest BCUT2D eigenvalue weighted by Crippen LogP contribution is -2.33. The zero-order valence-corrected chi connectivity index (χ0v) is 23.0. The lowest BCUT2D eigenvalue weighted by molar-refractivity contribution is 0.0648. The molecule has 3 N–H and O–H groups in total. The fraction of sp³-hybridized carbons (Fsp3) is 0.414. The van der Waals surface area contributed by atoms with Crippen LogP contribution >= 0.6 is 0 Å². The van der Waals surface area contributed by atoms with E-state index in [0.717, 1.165) is 43.1 Å². The van der Waals surface area contributed by atoms with Gasteiger partial charge in [0, 0.05) is 24.3 Å². The van der Waals surface area contributed by atoms with E-state index in [-0.39, 0.29) is 23.4 Å². The summed E-state index contributed by atoms with van der Waals surface area (Å²) in [4.78, 5) is 53.6. The Bertz CT molecular complexity index is 1590. The van der Waals surface area contributed by atoms with Gasteiger partial charge in [0.05, 0.1) is 33.5 Å². The summed E-state index contributed by atoms with van der Waals surface area (Å²) < 4.78 is 5.29. The van der Waals surface area contributed by atoms with Crippen LogP contribution in [-0.4, -0.2) is 73.9 Å². The van der Waals surface area contributed by atoms with Gasteiger partial charge in [0.1, 0.15) is 17.1 Å². The van der Waals surface area contributed by atoms with Gasteiger partial charge >= 0.3 is 0 Å². The van der Waals surface area contributed by atoms with Crippen LogP contribution in [0.25, 0.3) is 22.4 Å². The zero-order chi connectivity index (χ0) is 28.0. The zero-order valence-electron chi connectivity index (χ0n) is 23.0. The number of anilines is 1. The van der Waals surface area contributed by atoms with Crippen molar-refractivity contribution in [3.8, 4) is 11.4 Å². The molecule has 1 fully saturated rings. The number of carbonyl (C=O) groups excluding carboxylic acids is 2. The predicted molar refractivity (Wildman–Crippen MR) is 151 cm³/mol. The van der Waals surface area contributed by atoms with Gasteiger partial charge in [-0.15, -0.1) is 0 Å². The summed E-state index contributed by atoms with van der Waals surface area (Å²) in [6.07, 6.45) is 5.43. The molecule has 6 rings (SSSR count). The van der Waals surface area contributed by atoms with Gasteiger partial charge in [-0.25, -0.2) is 4.98 Å². The van der Waals surface area contributed by atoms with Crippen LogP contribution in [0.15, 0.2) is 33.7 Å². The number of benzene rings is 1. The SMILES string of the molecule is Cc1noc(C)c1CC(C)Nc1cc[nH]c(=O)c1-c1nc2cc3c(cc2[nH]1)C(=O)N(CCCN1CCCC1)C3=O. The van der Waals surface area contributed by atoms with E-state index >= 15 is 0 Å². The number of nitrogens with one attached hydrogen (secondary N) is 3. The number of rotatable bonds is 9. The summed E-state index contributed by atoms with van der Waals surface area (Å²) in [7, 11) is 0. The van der Waals surface area contributed by atoms with Crippen LogP contribution in [0.1, 0.15) is 63.9 Å². The molecular weight excluding hydrogens is 510 g/mol. The number of likely N-dealkylation sites (tertiary alicyclic amines) is 1. The van der Waals surface area contributed by atoms with Crippen molar-refractivity contribution in [1.29, 1.82) is 0 Å². The van der Waals surface area contributed by atoms with Gasteiger partial charge in [-0.05, 0) is 84.3 Å². The maximum Gasteiger partial charge on any atom is 0.261 e. The van der Waals surface area contributed by atoms with Gasteiger partial charge in [-0.2, -0.15) is 0 Å². The molecule has 1 saturated heterocycles. The molecule has 1 aromatic carbocycles. The first-order chi connectivity index (χ1) is 19.3. The van der Waals surface area contributed by atoms with Gasteiger partial charge in [0.25, 0.3) is 17.4 Å². The number of hydrogen-bond donors (Lipinski definition) is 3.